The first-order valence-corrected chi connectivity index (χ1v) is 6.19. The van der Waals surface area contributed by atoms with Crippen LogP contribution in [0.15, 0.2) is 24.3 Å². The lowest BCUT2D eigenvalue weighted by atomic mass is 10.1. The van der Waals surface area contributed by atoms with Crippen LogP contribution in [0.5, 0.6) is 5.75 Å². The minimum Gasteiger partial charge on any atom is -0.406 e. The first-order valence-electron chi connectivity index (χ1n) is 6.19. The van der Waals surface area contributed by atoms with E-state index in [-0.39, 0.29) is 12.2 Å². The van der Waals surface area contributed by atoms with Crippen molar-refractivity contribution in [3.63, 3.8) is 0 Å². The van der Waals surface area contributed by atoms with Crippen LogP contribution < -0.4 is 10.5 Å². The summed E-state index contributed by atoms with van der Waals surface area (Å²) in [6.45, 7) is 1.76. The molecule has 21 heavy (non-hydrogen) atoms. The molecule has 112 valence electrons. The van der Waals surface area contributed by atoms with Gasteiger partial charge in [-0.25, -0.2) is 0 Å². The zero-order valence-electron chi connectivity index (χ0n) is 11.2. The first-order chi connectivity index (χ1) is 9.74. The Labute approximate surface area is 118 Å². The number of alkyl halides is 3. The summed E-state index contributed by atoms with van der Waals surface area (Å²) >= 11 is 0. The number of benzene rings is 1. The number of primary amides is 1. The summed E-state index contributed by atoms with van der Waals surface area (Å²) in [6.07, 6.45) is -4.16. The number of aryl methyl sites for hydroxylation is 2. The van der Waals surface area contributed by atoms with Gasteiger partial charge in [0.25, 0.3) is 0 Å². The summed E-state index contributed by atoms with van der Waals surface area (Å²) in [5.41, 5.74) is 7.05. The zero-order valence-corrected chi connectivity index (χ0v) is 11.2. The van der Waals surface area contributed by atoms with Crippen LogP contribution in [0.4, 0.5) is 13.2 Å². The Hall–Kier alpha value is -2.31. The van der Waals surface area contributed by atoms with Gasteiger partial charge in [-0.1, -0.05) is 0 Å². The average Bonchev–Trinajstić information content (AvgIpc) is 2.35. The van der Waals surface area contributed by atoms with E-state index < -0.39 is 12.3 Å². The van der Waals surface area contributed by atoms with E-state index in [4.69, 9.17) is 5.73 Å². The summed E-state index contributed by atoms with van der Waals surface area (Å²) in [5, 5.41) is 0.569. The highest BCUT2D eigenvalue weighted by Gasteiger charge is 2.31. The van der Waals surface area contributed by atoms with Crippen molar-refractivity contribution < 1.29 is 22.7 Å². The predicted molar refractivity (Wildman–Crippen MR) is 70.7 cm³/mol. The smallest absolute Gasteiger partial charge is 0.406 e. The standard InChI is InChI=1S/C14H13F3N2O2/c1-8-6-9(2-5-13(18)20)19-12-4-3-10(7-11(8)12)21-14(15,16)17/h3-4,6-7H,2,5H2,1H3,(H2,18,20). The Morgan fingerprint density at radius 2 is 2.05 bits per heavy atom. The van der Waals surface area contributed by atoms with Crippen LogP contribution in [0.1, 0.15) is 17.7 Å². The molecule has 0 spiro atoms. The molecule has 1 aromatic carbocycles. The molecule has 2 aromatic rings. The molecule has 0 aliphatic rings. The van der Waals surface area contributed by atoms with Crippen molar-refractivity contribution in [3.05, 3.63) is 35.5 Å². The summed E-state index contributed by atoms with van der Waals surface area (Å²) in [5.74, 6) is -0.715. The van der Waals surface area contributed by atoms with Gasteiger partial charge in [-0.15, -0.1) is 13.2 Å². The number of halogens is 3. The van der Waals surface area contributed by atoms with Crippen molar-refractivity contribution in [2.45, 2.75) is 26.1 Å². The topological polar surface area (TPSA) is 65.2 Å². The molecule has 1 aromatic heterocycles. The molecule has 0 bridgehead atoms. The van der Waals surface area contributed by atoms with E-state index in [1.807, 2.05) is 0 Å². The van der Waals surface area contributed by atoms with E-state index in [9.17, 15) is 18.0 Å². The number of aromatic nitrogens is 1. The average molecular weight is 298 g/mol. The molecule has 0 aliphatic heterocycles. The molecule has 0 saturated heterocycles. The Bertz CT molecular complexity index is 684. The highest BCUT2D eigenvalue weighted by atomic mass is 19.4. The van der Waals surface area contributed by atoms with Gasteiger partial charge < -0.3 is 10.5 Å². The van der Waals surface area contributed by atoms with Crippen molar-refractivity contribution in [1.29, 1.82) is 0 Å². The number of pyridine rings is 1. The van der Waals surface area contributed by atoms with Crippen molar-refractivity contribution in [1.82, 2.24) is 4.98 Å². The summed E-state index contributed by atoms with van der Waals surface area (Å²) in [7, 11) is 0. The lowest BCUT2D eigenvalue weighted by molar-refractivity contribution is -0.274. The molecule has 1 amide bonds. The fourth-order valence-corrected chi connectivity index (χ4v) is 2.02. The third kappa shape index (κ3) is 4.08. The number of hydrogen-bond acceptors (Lipinski definition) is 3. The molecule has 0 radical (unpaired) electrons. The van der Waals surface area contributed by atoms with E-state index in [1.165, 1.54) is 18.2 Å². The van der Waals surface area contributed by atoms with Crippen LogP contribution in [-0.4, -0.2) is 17.3 Å². The third-order valence-corrected chi connectivity index (χ3v) is 2.90. The molecule has 2 N–H and O–H groups in total. The van der Waals surface area contributed by atoms with Crippen LogP contribution in [-0.2, 0) is 11.2 Å². The SMILES string of the molecule is Cc1cc(CCC(N)=O)nc2ccc(OC(F)(F)F)cc12. The molecular formula is C14H13F3N2O2. The summed E-state index contributed by atoms with van der Waals surface area (Å²) in [4.78, 5) is 15.1. The van der Waals surface area contributed by atoms with Crippen molar-refractivity contribution in [3.8, 4) is 5.75 Å². The monoisotopic (exact) mass is 298 g/mol. The lowest BCUT2D eigenvalue weighted by Crippen LogP contribution is -2.17. The molecule has 1 heterocycles. The fourth-order valence-electron chi connectivity index (χ4n) is 2.02. The maximum absolute atomic E-state index is 12.2. The van der Waals surface area contributed by atoms with E-state index in [2.05, 4.69) is 9.72 Å². The molecule has 0 aliphatic carbocycles. The number of rotatable bonds is 4. The Morgan fingerprint density at radius 3 is 2.67 bits per heavy atom. The second-order valence-electron chi connectivity index (χ2n) is 4.62. The molecule has 4 nitrogen and oxygen atoms in total. The maximum Gasteiger partial charge on any atom is 0.573 e. The Kier molecular flexibility index (Phi) is 4.02. The van der Waals surface area contributed by atoms with Gasteiger partial charge in [0.1, 0.15) is 5.75 Å². The summed E-state index contributed by atoms with van der Waals surface area (Å²) in [6, 6.07) is 5.68. The van der Waals surface area contributed by atoms with E-state index in [0.717, 1.165) is 5.56 Å². The van der Waals surface area contributed by atoms with Gasteiger partial charge in [0.15, 0.2) is 0 Å². The minimum atomic E-state index is -4.73. The normalized spacial score (nSPS) is 11.6. The van der Waals surface area contributed by atoms with E-state index in [0.29, 0.717) is 23.0 Å². The molecule has 0 unspecified atom stereocenters. The first kappa shape index (κ1) is 15.1. The van der Waals surface area contributed by atoms with Gasteiger partial charge in [0, 0.05) is 17.5 Å². The number of hydrogen-bond donors (Lipinski definition) is 1. The quantitative estimate of drug-likeness (QED) is 0.944. The Balaban J connectivity index is 2.34. The zero-order chi connectivity index (χ0) is 15.6. The highest BCUT2D eigenvalue weighted by molar-refractivity contribution is 5.83. The van der Waals surface area contributed by atoms with Crippen LogP contribution in [0.3, 0.4) is 0 Å². The van der Waals surface area contributed by atoms with Gasteiger partial charge >= 0.3 is 6.36 Å². The third-order valence-electron chi connectivity index (χ3n) is 2.90. The molecule has 7 heteroatoms. The lowest BCUT2D eigenvalue weighted by Gasteiger charge is -2.11. The van der Waals surface area contributed by atoms with E-state index in [1.54, 1.807) is 13.0 Å². The molecule has 0 atom stereocenters. The van der Waals surface area contributed by atoms with Gasteiger partial charge in [-0.05, 0) is 43.2 Å². The number of amides is 1. The van der Waals surface area contributed by atoms with Gasteiger partial charge in [0.2, 0.25) is 5.91 Å². The van der Waals surface area contributed by atoms with Crippen LogP contribution >= 0.6 is 0 Å². The second-order valence-corrected chi connectivity index (χ2v) is 4.62. The predicted octanol–water partition coefficient (Wildman–Crippen LogP) is 2.86. The minimum absolute atomic E-state index is 0.174. The number of fused-ring (bicyclic) bond motifs is 1. The van der Waals surface area contributed by atoms with Crippen molar-refractivity contribution in [2.24, 2.45) is 5.73 Å². The summed E-state index contributed by atoms with van der Waals surface area (Å²) < 4.78 is 40.5. The number of carbonyl (C=O) groups is 1. The molecule has 0 saturated carbocycles. The van der Waals surface area contributed by atoms with Crippen LogP contribution in [0, 0.1) is 6.92 Å². The van der Waals surface area contributed by atoms with Gasteiger partial charge in [-0.3, -0.25) is 9.78 Å². The number of carbonyl (C=O) groups excluding carboxylic acids is 1. The molecular weight excluding hydrogens is 285 g/mol. The number of nitrogens with zero attached hydrogens (tertiary/aromatic N) is 1. The van der Waals surface area contributed by atoms with Gasteiger partial charge in [0.05, 0.1) is 5.52 Å². The van der Waals surface area contributed by atoms with Crippen molar-refractivity contribution >= 4 is 16.8 Å². The largest absolute Gasteiger partial charge is 0.573 e. The molecule has 0 fully saturated rings. The van der Waals surface area contributed by atoms with E-state index >= 15 is 0 Å². The molecule has 2 rings (SSSR count). The van der Waals surface area contributed by atoms with Crippen molar-refractivity contribution in [2.75, 3.05) is 0 Å². The Morgan fingerprint density at radius 1 is 1.33 bits per heavy atom. The second kappa shape index (κ2) is 5.59. The van der Waals surface area contributed by atoms with Crippen LogP contribution in [0.2, 0.25) is 0 Å². The van der Waals surface area contributed by atoms with Crippen LogP contribution in [0.25, 0.3) is 10.9 Å². The fraction of sp³-hybridized carbons (Fsp3) is 0.286. The number of ether oxygens (including phenoxy) is 1. The highest BCUT2D eigenvalue weighted by Crippen LogP contribution is 2.27. The van der Waals surface area contributed by atoms with Gasteiger partial charge in [-0.2, -0.15) is 0 Å². The number of nitrogens with two attached hydrogens (primary N) is 1. The maximum atomic E-state index is 12.2.